The summed E-state index contributed by atoms with van der Waals surface area (Å²) < 4.78 is 15.0. The zero-order valence-corrected chi connectivity index (χ0v) is 14.1. The molecule has 0 bridgehead atoms. The topological polar surface area (TPSA) is 54.7 Å². The van der Waals surface area contributed by atoms with Crippen LogP contribution in [0.25, 0.3) is 5.65 Å². The lowest BCUT2D eigenvalue weighted by Crippen LogP contribution is -2.41. The molecule has 1 atom stereocenters. The highest BCUT2D eigenvalue weighted by atomic mass is 19.1. The van der Waals surface area contributed by atoms with E-state index in [2.05, 4.69) is 4.98 Å². The van der Waals surface area contributed by atoms with Crippen LogP contribution < -0.4 is 5.56 Å². The van der Waals surface area contributed by atoms with E-state index in [1.165, 1.54) is 22.7 Å². The van der Waals surface area contributed by atoms with Crippen molar-refractivity contribution in [2.45, 2.75) is 25.3 Å². The first-order valence-electron chi connectivity index (χ1n) is 8.68. The minimum absolute atomic E-state index is 0.0389. The molecule has 1 aliphatic rings. The third kappa shape index (κ3) is 2.87. The van der Waals surface area contributed by atoms with Crippen molar-refractivity contribution < 1.29 is 9.18 Å². The molecule has 1 saturated heterocycles. The molecule has 0 N–H and O–H groups in total. The maximum Gasteiger partial charge on any atom is 0.270 e. The number of hydrogen-bond acceptors (Lipinski definition) is 3. The molecule has 0 saturated carbocycles. The Morgan fingerprint density at radius 2 is 2.04 bits per heavy atom. The molecule has 26 heavy (non-hydrogen) atoms. The van der Waals surface area contributed by atoms with Crippen molar-refractivity contribution in [3.8, 4) is 0 Å². The number of halogens is 1. The Bertz CT molecular complexity index is 1030. The summed E-state index contributed by atoms with van der Waals surface area (Å²) in [5, 5.41) is 0. The van der Waals surface area contributed by atoms with Gasteiger partial charge >= 0.3 is 0 Å². The number of rotatable bonds is 2. The molecule has 2 aromatic heterocycles. The van der Waals surface area contributed by atoms with E-state index in [4.69, 9.17) is 0 Å². The van der Waals surface area contributed by atoms with Crippen molar-refractivity contribution in [1.82, 2.24) is 14.3 Å². The number of hydrogen-bond donors (Lipinski definition) is 0. The van der Waals surface area contributed by atoms with Crippen molar-refractivity contribution in [3.63, 3.8) is 0 Å². The van der Waals surface area contributed by atoms with E-state index in [9.17, 15) is 14.0 Å². The Morgan fingerprint density at radius 3 is 2.88 bits per heavy atom. The number of aromatic nitrogens is 2. The number of fused-ring (bicyclic) bond motifs is 1. The van der Waals surface area contributed by atoms with E-state index in [-0.39, 0.29) is 28.9 Å². The Hall–Kier alpha value is -3.02. The van der Waals surface area contributed by atoms with Gasteiger partial charge in [-0.3, -0.25) is 14.0 Å². The summed E-state index contributed by atoms with van der Waals surface area (Å²) in [6.45, 7) is 0.539. The number of nitrogens with zero attached hydrogens (tertiary/aromatic N) is 3. The summed E-state index contributed by atoms with van der Waals surface area (Å²) in [5.41, 5.74) is 0.905. The average Bonchev–Trinajstić information content (AvgIpc) is 2.68. The maximum absolute atomic E-state index is 13.6. The normalized spacial score (nSPS) is 17.4. The fourth-order valence-corrected chi connectivity index (χ4v) is 3.56. The Kier molecular flexibility index (Phi) is 4.24. The smallest absolute Gasteiger partial charge is 0.270 e. The number of carbonyl (C=O) groups excluding carboxylic acids is 1. The molecule has 3 heterocycles. The van der Waals surface area contributed by atoms with Crippen LogP contribution in [-0.2, 0) is 0 Å². The highest BCUT2D eigenvalue weighted by Gasteiger charge is 2.30. The maximum atomic E-state index is 13.6. The first-order chi connectivity index (χ1) is 12.6. The van der Waals surface area contributed by atoms with Gasteiger partial charge in [0.2, 0.25) is 0 Å². The third-order valence-corrected chi connectivity index (χ3v) is 4.84. The van der Waals surface area contributed by atoms with Crippen molar-refractivity contribution >= 4 is 11.6 Å². The van der Waals surface area contributed by atoms with Gasteiger partial charge < -0.3 is 4.90 Å². The second-order valence-electron chi connectivity index (χ2n) is 6.47. The first-order valence-corrected chi connectivity index (χ1v) is 8.68. The predicted molar refractivity (Wildman–Crippen MR) is 95.5 cm³/mol. The van der Waals surface area contributed by atoms with Gasteiger partial charge in [0.1, 0.15) is 17.0 Å². The van der Waals surface area contributed by atoms with Crippen LogP contribution >= 0.6 is 0 Å². The minimum atomic E-state index is -0.385. The number of likely N-dealkylation sites (tertiary alicyclic amines) is 1. The van der Waals surface area contributed by atoms with Crippen LogP contribution in [0.2, 0.25) is 0 Å². The largest absolute Gasteiger partial charge is 0.331 e. The molecule has 4 rings (SSSR count). The molecule has 6 heteroatoms. The highest BCUT2D eigenvalue weighted by Crippen LogP contribution is 2.32. The van der Waals surface area contributed by atoms with Gasteiger partial charge in [-0.15, -0.1) is 0 Å². The van der Waals surface area contributed by atoms with Crippen LogP contribution in [0.1, 0.15) is 41.2 Å². The lowest BCUT2D eigenvalue weighted by Gasteiger charge is -2.36. The van der Waals surface area contributed by atoms with Gasteiger partial charge in [0.15, 0.2) is 0 Å². The van der Waals surface area contributed by atoms with Gasteiger partial charge in [-0.2, -0.15) is 0 Å². The van der Waals surface area contributed by atoms with Crippen molar-refractivity contribution in [2.75, 3.05) is 6.54 Å². The molecular formula is C20H18FN3O2. The monoisotopic (exact) mass is 351 g/mol. The van der Waals surface area contributed by atoms with Crippen LogP contribution in [0.5, 0.6) is 0 Å². The van der Waals surface area contributed by atoms with Crippen LogP contribution in [0.15, 0.2) is 59.7 Å². The summed E-state index contributed by atoms with van der Waals surface area (Å²) in [4.78, 5) is 31.7. The zero-order chi connectivity index (χ0) is 18.1. The minimum Gasteiger partial charge on any atom is -0.331 e. The Labute approximate surface area is 149 Å². The van der Waals surface area contributed by atoms with E-state index >= 15 is 0 Å². The summed E-state index contributed by atoms with van der Waals surface area (Å²) in [5.74, 6) is -0.678. The fraction of sp³-hybridized carbons (Fsp3) is 0.250. The molecule has 0 radical (unpaired) electrons. The second kappa shape index (κ2) is 6.71. The molecule has 1 aromatic carbocycles. The van der Waals surface area contributed by atoms with E-state index < -0.39 is 0 Å². The van der Waals surface area contributed by atoms with Gasteiger partial charge in [0.05, 0.1) is 6.04 Å². The molecule has 3 aromatic rings. The summed E-state index contributed by atoms with van der Waals surface area (Å²) >= 11 is 0. The van der Waals surface area contributed by atoms with Crippen LogP contribution in [-0.4, -0.2) is 26.7 Å². The van der Waals surface area contributed by atoms with Gasteiger partial charge in [0, 0.05) is 18.9 Å². The highest BCUT2D eigenvalue weighted by molar-refractivity contribution is 5.94. The molecule has 0 unspecified atom stereocenters. The van der Waals surface area contributed by atoms with Gasteiger partial charge in [-0.05, 0) is 49.1 Å². The van der Waals surface area contributed by atoms with E-state index in [0.29, 0.717) is 12.2 Å². The molecule has 5 nitrogen and oxygen atoms in total. The zero-order valence-electron chi connectivity index (χ0n) is 14.1. The molecule has 0 aliphatic carbocycles. The van der Waals surface area contributed by atoms with Gasteiger partial charge in [0.25, 0.3) is 11.5 Å². The molecule has 1 amide bonds. The number of amides is 1. The van der Waals surface area contributed by atoms with E-state index in [0.717, 1.165) is 24.8 Å². The Balaban J connectivity index is 1.74. The fourth-order valence-electron chi connectivity index (χ4n) is 3.56. The average molecular weight is 351 g/mol. The second-order valence-corrected chi connectivity index (χ2v) is 6.47. The third-order valence-electron chi connectivity index (χ3n) is 4.84. The Morgan fingerprint density at radius 1 is 1.15 bits per heavy atom. The molecule has 0 spiro atoms. The number of carbonyl (C=O) groups is 1. The number of piperidine rings is 1. The van der Waals surface area contributed by atoms with E-state index in [1.807, 2.05) is 6.07 Å². The van der Waals surface area contributed by atoms with Crippen LogP contribution in [0.3, 0.4) is 0 Å². The number of pyridine rings is 1. The van der Waals surface area contributed by atoms with Gasteiger partial charge in [-0.1, -0.05) is 18.2 Å². The molecule has 1 aliphatic heterocycles. The molecular weight excluding hydrogens is 333 g/mol. The van der Waals surface area contributed by atoms with E-state index in [1.54, 1.807) is 35.4 Å². The van der Waals surface area contributed by atoms with Crippen molar-refractivity contribution in [1.29, 1.82) is 0 Å². The van der Waals surface area contributed by atoms with Crippen LogP contribution in [0.4, 0.5) is 4.39 Å². The summed E-state index contributed by atoms with van der Waals surface area (Å²) in [7, 11) is 0. The molecule has 1 fully saturated rings. The summed E-state index contributed by atoms with van der Waals surface area (Å²) in [6, 6.07) is 11.3. The van der Waals surface area contributed by atoms with Gasteiger partial charge in [-0.25, -0.2) is 9.37 Å². The first kappa shape index (κ1) is 16.4. The standard InChI is InChI=1S/C20H18FN3O2/c21-15-7-5-6-14(12-15)17-8-1-3-10-23(17)19(25)16-13-22-18-9-2-4-11-24(18)20(16)26/h2,4-7,9,11-13,17H,1,3,8,10H2/t17-/m1/s1. The van der Waals surface area contributed by atoms with Crippen molar-refractivity contribution in [3.05, 3.63) is 82.2 Å². The predicted octanol–water partition coefficient (Wildman–Crippen LogP) is 3.20. The SMILES string of the molecule is O=C(c1cnc2ccccn2c1=O)N1CCCC[C@@H]1c1cccc(F)c1. The number of benzene rings is 1. The quantitative estimate of drug-likeness (QED) is 0.712. The summed E-state index contributed by atoms with van der Waals surface area (Å²) in [6.07, 6.45) is 5.51. The van der Waals surface area contributed by atoms with Crippen LogP contribution in [0, 0.1) is 5.82 Å². The lowest BCUT2D eigenvalue weighted by molar-refractivity contribution is 0.0608. The lowest BCUT2D eigenvalue weighted by atomic mass is 9.94. The molecule has 132 valence electrons. The van der Waals surface area contributed by atoms with Crippen molar-refractivity contribution in [2.24, 2.45) is 0 Å².